The Morgan fingerprint density at radius 2 is 1.95 bits per heavy atom. The zero-order valence-electron chi connectivity index (χ0n) is 11.7. The zero-order valence-corrected chi connectivity index (χ0v) is 11.7. The van der Waals surface area contributed by atoms with Gasteiger partial charge in [-0.15, -0.1) is 0 Å². The van der Waals surface area contributed by atoms with E-state index in [1.54, 1.807) is 0 Å². The molecule has 1 aliphatic rings. The molecular formula is C17H21NO. The first-order valence-corrected chi connectivity index (χ1v) is 7.32. The van der Waals surface area contributed by atoms with Crippen molar-refractivity contribution in [1.29, 1.82) is 0 Å². The molecule has 0 bridgehead atoms. The molecule has 1 aromatic carbocycles. The van der Waals surface area contributed by atoms with Gasteiger partial charge in [-0.3, -0.25) is 4.79 Å². The molecule has 2 heteroatoms. The normalized spacial score (nSPS) is 16.6. The summed E-state index contributed by atoms with van der Waals surface area (Å²) in [6, 6.07) is 7.87. The van der Waals surface area contributed by atoms with Crippen LogP contribution in [0.2, 0.25) is 0 Å². The molecule has 0 spiro atoms. The van der Waals surface area contributed by atoms with Gasteiger partial charge >= 0.3 is 0 Å². The summed E-state index contributed by atoms with van der Waals surface area (Å²) in [6.07, 6.45) is 5.00. The fourth-order valence-electron chi connectivity index (χ4n) is 3.25. The van der Waals surface area contributed by atoms with Crippen molar-refractivity contribution in [2.75, 3.05) is 0 Å². The fraction of sp³-hybridized carbons (Fsp3) is 0.471. The van der Waals surface area contributed by atoms with Crippen LogP contribution in [0.5, 0.6) is 0 Å². The van der Waals surface area contributed by atoms with Crippen LogP contribution >= 0.6 is 0 Å². The highest BCUT2D eigenvalue weighted by atomic mass is 16.1. The molecule has 0 unspecified atom stereocenters. The number of H-pyrrole nitrogens is 1. The van der Waals surface area contributed by atoms with E-state index < -0.39 is 0 Å². The lowest BCUT2D eigenvalue weighted by atomic mass is 9.97. The molecule has 1 N–H and O–H groups in total. The fourth-order valence-corrected chi connectivity index (χ4v) is 3.25. The Balaban J connectivity index is 2.22. The van der Waals surface area contributed by atoms with Crippen molar-refractivity contribution in [3.63, 3.8) is 0 Å². The maximum absolute atomic E-state index is 12.3. The molecule has 0 atom stereocenters. The third-order valence-electron chi connectivity index (χ3n) is 4.34. The number of aromatic amines is 1. The minimum Gasteiger partial charge on any atom is -0.358 e. The van der Waals surface area contributed by atoms with Crippen LogP contribution in [0, 0.1) is 0 Å². The van der Waals surface area contributed by atoms with Gasteiger partial charge in [-0.1, -0.05) is 38.8 Å². The molecule has 1 heterocycles. The third kappa shape index (κ3) is 2.20. The molecule has 2 nitrogen and oxygen atoms in total. The largest absolute Gasteiger partial charge is 0.358 e. The van der Waals surface area contributed by atoms with E-state index in [0.29, 0.717) is 11.8 Å². The Hall–Kier alpha value is -1.57. The van der Waals surface area contributed by atoms with Gasteiger partial charge in [0.15, 0.2) is 5.43 Å². The zero-order chi connectivity index (χ0) is 13.4. The van der Waals surface area contributed by atoms with E-state index in [-0.39, 0.29) is 5.43 Å². The predicted molar refractivity (Wildman–Crippen MR) is 79.9 cm³/mol. The van der Waals surface area contributed by atoms with Crippen LogP contribution in [-0.4, -0.2) is 4.98 Å². The van der Waals surface area contributed by atoms with Crippen LogP contribution in [0.15, 0.2) is 29.1 Å². The van der Waals surface area contributed by atoms with E-state index in [1.165, 1.54) is 31.2 Å². The standard InChI is InChI=1S/C17H21NO/c1-11(2)13-8-5-9-14-16(19)10-15(18-17(13)14)12-6-3-4-7-12/h5,8-12H,3-4,6-7H2,1-2H3,(H,18,19). The number of aromatic nitrogens is 1. The second-order valence-corrected chi connectivity index (χ2v) is 5.99. The number of nitrogens with one attached hydrogen (secondary N) is 1. The van der Waals surface area contributed by atoms with Crippen molar-refractivity contribution in [2.45, 2.75) is 51.4 Å². The first-order chi connectivity index (χ1) is 9.16. The van der Waals surface area contributed by atoms with Crippen LogP contribution in [0.1, 0.15) is 62.6 Å². The summed E-state index contributed by atoms with van der Waals surface area (Å²) >= 11 is 0. The lowest BCUT2D eigenvalue weighted by molar-refractivity contribution is 0.699. The van der Waals surface area contributed by atoms with Crippen LogP contribution in [-0.2, 0) is 0 Å². The van der Waals surface area contributed by atoms with Gasteiger partial charge in [-0.25, -0.2) is 0 Å². The summed E-state index contributed by atoms with van der Waals surface area (Å²) in [5.41, 5.74) is 3.60. The Bertz CT molecular complexity index is 648. The predicted octanol–water partition coefficient (Wildman–Crippen LogP) is 4.31. The van der Waals surface area contributed by atoms with E-state index in [9.17, 15) is 4.79 Å². The maximum atomic E-state index is 12.3. The van der Waals surface area contributed by atoms with Crippen molar-refractivity contribution in [3.8, 4) is 0 Å². The first kappa shape index (κ1) is 12.5. The summed E-state index contributed by atoms with van der Waals surface area (Å²) in [4.78, 5) is 15.9. The quantitative estimate of drug-likeness (QED) is 0.852. The summed E-state index contributed by atoms with van der Waals surface area (Å²) in [5.74, 6) is 0.982. The average Bonchev–Trinajstić information content (AvgIpc) is 2.91. The Morgan fingerprint density at radius 3 is 2.63 bits per heavy atom. The van der Waals surface area contributed by atoms with Crippen LogP contribution < -0.4 is 5.43 Å². The van der Waals surface area contributed by atoms with Gasteiger partial charge in [-0.05, 0) is 36.3 Å². The number of para-hydroxylation sites is 1. The van der Waals surface area contributed by atoms with Gasteiger partial charge in [0.25, 0.3) is 0 Å². The molecule has 1 aliphatic carbocycles. The average molecular weight is 255 g/mol. The van der Waals surface area contributed by atoms with Gasteiger partial charge in [-0.2, -0.15) is 0 Å². The van der Waals surface area contributed by atoms with E-state index in [0.717, 1.165) is 16.6 Å². The highest BCUT2D eigenvalue weighted by Crippen LogP contribution is 2.33. The molecule has 0 radical (unpaired) electrons. The number of benzene rings is 1. The van der Waals surface area contributed by atoms with Crippen molar-refractivity contribution in [2.24, 2.45) is 0 Å². The highest BCUT2D eigenvalue weighted by Gasteiger charge is 2.19. The van der Waals surface area contributed by atoms with Gasteiger partial charge in [0.1, 0.15) is 0 Å². The van der Waals surface area contributed by atoms with Gasteiger partial charge < -0.3 is 4.98 Å². The molecule has 3 rings (SSSR count). The number of hydrogen-bond donors (Lipinski definition) is 1. The topological polar surface area (TPSA) is 32.9 Å². The molecule has 0 amide bonds. The van der Waals surface area contributed by atoms with Crippen molar-refractivity contribution >= 4 is 10.9 Å². The summed E-state index contributed by atoms with van der Waals surface area (Å²) in [5, 5.41) is 0.827. The van der Waals surface area contributed by atoms with E-state index in [4.69, 9.17) is 0 Å². The van der Waals surface area contributed by atoms with Gasteiger partial charge in [0.2, 0.25) is 0 Å². The van der Waals surface area contributed by atoms with Gasteiger partial charge in [0.05, 0.1) is 5.52 Å². The van der Waals surface area contributed by atoms with Gasteiger partial charge in [0, 0.05) is 17.1 Å². The van der Waals surface area contributed by atoms with E-state index >= 15 is 0 Å². The molecular weight excluding hydrogens is 234 g/mol. The highest BCUT2D eigenvalue weighted by molar-refractivity contribution is 5.82. The van der Waals surface area contributed by atoms with Crippen LogP contribution in [0.4, 0.5) is 0 Å². The molecule has 2 aromatic rings. The molecule has 19 heavy (non-hydrogen) atoms. The SMILES string of the molecule is CC(C)c1cccc2c(=O)cc(C3CCCC3)[nH]c12. The molecule has 0 aliphatic heterocycles. The van der Waals surface area contributed by atoms with Crippen LogP contribution in [0.25, 0.3) is 10.9 Å². The minimum atomic E-state index is 0.165. The number of fused-ring (bicyclic) bond motifs is 1. The third-order valence-corrected chi connectivity index (χ3v) is 4.34. The summed E-state index contributed by atoms with van der Waals surface area (Å²) < 4.78 is 0. The molecule has 1 aromatic heterocycles. The molecule has 1 saturated carbocycles. The lowest BCUT2D eigenvalue weighted by Gasteiger charge is -2.14. The molecule has 0 saturated heterocycles. The maximum Gasteiger partial charge on any atom is 0.189 e. The second-order valence-electron chi connectivity index (χ2n) is 5.99. The summed E-state index contributed by atoms with van der Waals surface area (Å²) in [6.45, 7) is 4.35. The van der Waals surface area contributed by atoms with Crippen molar-refractivity contribution in [1.82, 2.24) is 4.98 Å². The lowest BCUT2D eigenvalue weighted by Crippen LogP contribution is -2.09. The van der Waals surface area contributed by atoms with Crippen LogP contribution in [0.3, 0.4) is 0 Å². The Morgan fingerprint density at radius 1 is 1.21 bits per heavy atom. The van der Waals surface area contributed by atoms with Crippen molar-refractivity contribution in [3.05, 3.63) is 45.7 Å². The monoisotopic (exact) mass is 255 g/mol. The Kier molecular flexibility index (Phi) is 3.17. The molecule has 1 fully saturated rings. The smallest absolute Gasteiger partial charge is 0.189 e. The minimum absolute atomic E-state index is 0.165. The number of hydrogen-bond acceptors (Lipinski definition) is 1. The van der Waals surface area contributed by atoms with E-state index in [1.807, 2.05) is 18.2 Å². The number of rotatable bonds is 2. The second kappa shape index (κ2) is 4.84. The first-order valence-electron chi connectivity index (χ1n) is 7.32. The van der Waals surface area contributed by atoms with Crippen molar-refractivity contribution < 1.29 is 0 Å². The van der Waals surface area contributed by atoms with E-state index in [2.05, 4.69) is 24.9 Å². The number of pyridine rings is 1. The Labute approximate surface area is 113 Å². The molecule has 100 valence electrons. The summed E-state index contributed by atoms with van der Waals surface area (Å²) in [7, 11) is 0.